The standard InChI is InChI=1S/C25H29N3O5/c1-32-22-11-17-5-8-27-21(20(17)13-23(22)33-2)10-19-15-28(9-6-16(19)12-24(29)30)25(31)18-4-3-7-26-14-18/h3-4,7,11,13-14,16,19H,5-6,8-10,12,15H2,1-2H3,(H,29,30). The summed E-state index contributed by atoms with van der Waals surface area (Å²) in [6.07, 6.45) is 5.37. The predicted octanol–water partition coefficient (Wildman–Crippen LogP) is 3.09. The molecule has 1 aromatic heterocycles. The average Bonchev–Trinajstić information content (AvgIpc) is 2.84. The minimum absolute atomic E-state index is 0.00623. The fourth-order valence-electron chi connectivity index (χ4n) is 4.88. The van der Waals surface area contributed by atoms with Crippen LogP contribution in [0.2, 0.25) is 0 Å². The molecule has 0 bridgehead atoms. The van der Waals surface area contributed by atoms with Gasteiger partial charge in [-0.25, -0.2) is 0 Å². The molecule has 1 aromatic carbocycles. The van der Waals surface area contributed by atoms with Crippen LogP contribution in [0, 0.1) is 11.8 Å². The largest absolute Gasteiger partial charge is 0.493 e. The number of aliphatic imine (C=N–C) groups is 1. The zero-order valence-electron chi connectivity index (χ0n) is 19.0. The van der Waals surface area contributed by atoms with Gasteiger partial charge in [0.25, 0.3) is 5.91 Å². The molecule has 2 aliphatic heterocycles. The van der Waals surface area contributed by atoms with Crippen molar-refractivity contribution in [2.45, 2.75) is 25.7 Å². The zero-order chi connectivity index (χ0) is 23.4. The average molecular weight is 452 g/mol. The van der Waals surface area contributed by atoms with Crippen molar-refractivity contribution in [2.24, 2.45) is 16.8 Å². The highest BCUT2D eigenvalue weighted by Crippen LogP contribution is 2.36. The molecular weight excluding hydrogens is 422 g/mol. The Labute approximate surface area is 193 Å². The van der Waals surface area contributed by atoms with Gasteiger partial charge in [0.1, 0.15) is 0 Å². The Morgan fingerprint density at radius 3 is 2.67 bits per heavy atom. The van der Waals surface area contributed by atoms with E-state index >= 15 is 0 Å². The fourth-order valence-corrected chi connectivity index (χ4v) is 4.88. The van der Waals surface area contributed by atoms with E-state index in [-0.39, 0.29) is 24.2 Å². The van der Waals surface area contributed by atoms with Crippen molar-refractivity contribution >= 4 is 17.6 Å². The lowest BCUT2D eigenvalue weighted by molar-refractivity contribution is -0.138. The molecular formula is C25H29N3O5. The number of carbonyl (C=O) groups excluding carboxylic acids is 1. The SMILES string of the molecule is COc1cc2c(cc1OC)C(CC1CN(C(=O)c3cccnc3)CCC1CC(=O)O)=NCC2. The van der Waals surface area contributed by atoms with E-state index in [4.69, 9.17) is 14.5 Å². The molecule has 4 rings (SSSR count). The maximum atomic E-state index is 13.0. The molecule has 3 heterocycles. The summed E-state index contributed by atoms with van der Waals surface area (Å²) >= 11 is 0. The van der Waals surface area contributed by atoms with E-state index in [0.29, 0.717) is 49.5 Å². The van der Waals surface area contributed by atoms with Crippen LogP contribution in [0.5, 0.6) is 11.5 Å². The number of piperidine rings is 1. The molecule has 1 fully saturated rings. The van der Waals surface area contributed by atoms with Crippen LogP contribution in [0.3, 0.4) is 0 Å². The van der Waals surface area contributed by atoms with Gasteiger partial charge in [0, 0.05) is 49.7 Å². The number of carboxylic acids is 1. The van der Waals surface area contributed by atoms with Gasteiger partial charge in [0.15, 0.2) is 11.5 Å². The number of hydrogen-bond donors (Lipinski definition) is 1. The molecule has 1 saturated heterocycles. The zero-order valence-corrected chi connectivity index (χ0v) is 19.0. The molecule has 33 heavy (non-hydrogen) atoms. The van der Waals surface area contributed by atoms with Crippen molar-refractivity contribution in [1.29, 1.82) is 0 Å². The smallest absolute Gasteiger partial charge is 0.303 e. The summed E-state index contributed by atoms with van der Waals surface area (Å²) in [7, 11) is 3.23. The van der Waals surface area contributed by atoms with Crippen molar-refractivity contribution in [1.82, 2.24) is 9.88 Å². The number of hydrogen-bond acceptors (Lipinski definition) is 6. The molecule has 2 atom stereocenters. The number of methoxy groups -OCH3 is 2. The molecule has 0 radical (unpaired) electrons. The second kappa shape index (κ2) is 10.0. The van der Waals surface area contributed by atoms with Gasteiger partial charge < -0.3 is 19.5 Å². The van der Waals surface area contributed by atoms with Gasteiger partial charge >= 0.3 is 5.97 Å². The van der Waals surface area contributed by atoms with Crippen molar-refractivity contribution in [2.75, 3.05) is 33.9 Å². The van der Waals surface area contributed by atoms with Crippen LogP contribution in [0.4, 0.5) is 0 Å². The normalized spacial score (nSPS) is 19.9. The Morgan fingerprint density at radius 2 is 1.97 bits per heavy atom. The van der Waals surface area contributed by atoms with Gasteiger partial charge in [0.05, 0.1) is 19.8 Å². The van der Waals surface area contributed by atoms with Gasteiger partial charge in [-0.2, -0.15) is 0 Å². The van der Waals surface area contributed by atoms with Gasteiger partial charge in [0.2, 0.25) is 0 Å². The Hall–Kier alpha value is -3.42. The van der Waals surface area contributed by atoms with E-state index < -0.39 is 5.97 Å². The topological polar surface area (TPSA) is 101 Å². The van der Waals surface area contributed by atoms with E-state index in [1.807, 2.05) is 17.0 Å². The lowest BCUT2D eigenvalue weighted by Crippen LogP contribution is -2.45. The highest BCUT2D eigenvalue weighted by Gasteiger charge is 2.35. The monoisotopic (exact) mass is 451 g/mol. The van der Waals surface area contributed by atoms with Crippen LogP contribution >= 0.6 is 0 Å². The number of aliphatic carboxylic acids is 1. The molecule has 2 aromatic rings. The number of rotatable bonds is 7. The molecule has 2 aliphatic rings. The number of pyridine rings is 1. The maximum Gasteiger partial charge on any atom is 0.303 e. The minimum Gasteiger partial charge on any atom is -0.493 e. The number of carbonyl (C=O) groups is 2. The van der Waals surface area contributed by atoms with E-state index in [9.17, 15) is 14.7 Å². The summed E-state index contributed by atoms with van der Waals surface area (Å²) in [5.74, 6) is 0.424. The van der Waals surface area contributed by atoms with Crippen molar-refractivity contribution in [3.8, 4) is 11.5 Å². The van der Waals surface area contributed by atoms with Crippen molar-refractivity contribution in [3.63, 3.8) is 0 Å². The van der Waals surface area contributed by atoms with Gasteiger partial charge in [-0.05, 0) is 60.9 Å². The first kappa shape index (κ1) is 22.8. The van der Waals surface area contributed by atoms with E-state index in [0.717, 1.165) is 23.3 Å². The Balaban J connectivity index is 1.59. The molecule has 1 N–H and O–H groups in total. The summed E-state index contributed by atoms with van der Waals surface area (Å²) < 4.78 is 10.9. The fraction of sp³-hybridized carbons (Fsp3) is 0.440. The molecule has 0 spiro atoms. The van der Waals surface area contributed by atoms with E-state index in [2.05, 4.69) is 4.98 Å². The third-order valence-electron chi connectivity index (χ3n) is 6.58. The van der Waals surface area contributed by atoms with E-state index in [1.54, 1.807) is 38.7 Å². The number of benzene rings is 1. The summed E-state index contributed by atoms with van der Waals surface area (Å²) in [6.45, 7) is 1.70. The highest BCUT2D eigenvalue weighted by molar-refractivity contribution is 6.03. The highest BCUT2D eigenvalue weighted by atomic mass is 16.5. The number of likely N-dealkylation sites (tertiary alicyclic amines) is 1. The third kappa shape index (κ3) is 4.99. The maximum absolute atomic E-state index is 13.0. The molecule has 8 nitrogen and oxygen atoms in total. The lowest BCUT2D eigenvalue weighted by Gasteiger charge is -2.39. The second-order valence-electron chi connectivity index (χ2n) is 8.55. The Morgan fingerprint density at radius 1 is 1.18 bits per heavy atom. The van der Waals surface area contributed by atoms with Crippen LogP contribution < -0.4 is 9.47 Å². The first-order valence-corrected chi connectivity index (χ1v) is 11.2. The van der Waals surface area contributed by atoms with Gasteiger partial charge in [-0.1, -0.05) is 0 Å². The number of nitrogens with zero attached hydrogens (tertiary/aromatic N) is 3. The summed E-state index contributed by atoms with van der Waals surface area (Å²) in [4.78, 5) is 35.2. The quantitative estimate of drug-likeness (QED) is 0.694. The van der Waals surface area contributed by atoms with Crippen LogP contribution in [0.25, 0.3) is 0 Å². The lowest BCUT2D eigenvalue weighted by atomic mass is 9.78. The third-order valence-corrected chi connectivity index (χ3v) is 6.58. The molecule has 0 saturated carbocycles. The molecule has 8 heteroatoms. The number of ether oxygens (including phenoxy) is 2. The summed E-state index contributed by atoms with van der Waals surface area (Å²) in [5.41, 5.74) is 3.65. The van der Waals surface area contributed by atoms with Crippen LogP contribution in [-0.2, 0) is 11.2 Å². The molecule has 0 aliphatic carbocycles. The minimum atomic E-state index is -0.811. The summed E-state index contributed by atoms with van der Waals surface area (Å²) in [5, 5.41) is 9.48. The van der Waals surface area contributed by atoms with E-state index in [1.165, 1.54) is 0 Å². The number of aromatic nitrogens is 1. The van der Waals surface area contributed by atoms with Crippen molar-refractivity contribution < 1.29 is 24.2 Å². The summed E-state index contributed by atoms with van der Waals surface area (Å²) in [6, 6.07) is 7.46. The molecule has 174 valence electrons. The van der Waals surface area contributed by atoms with Gasteiger partial charge in [-0.15, -0.1) is 0 Å². The van der Waals surface area contributed by atoms with Crippen LogP contribution in [-0.4, -0.2) is 66.4 Å². The van der Waals surface area contributed by atoms with Crippen LogP contribution in [0.1, 0.15) is 40.7 Å². The number of amides is 1. The predicted molar refractivity (Wildman–Crippen MR) is 123 cm³/mol. The second-order valence-corrected chi connectivity index (χ2v) is 8.55. The number of fused-ring (bicyclic) bond motifs is 1. The van der Waals surface area contributed by atoms with Gasteiger partial charge in [-0.3, -0.25) is 19.6 Å². The number of carboxylic acid groups (broad SMARTS) is 1. The first-order valence-electron chi connectivity index (χ1n) is 11.2. The van der Waals surface area contributed by atoms with Crippen molar-refractivity contribution in [3.05, 3.63) is 53.3 Å². The molecule has 1 amide bonds. The van der Waals surface area contributed by atoms with Crippen LogP contribution in [0.15, 0.2) is 41.7 Å². The Kier molecular flexibility index (Phi) is 6.91. The Bertz CT molecular complexity index is 1050. The molecule has 2 unspecified atom stereocenters. The first-order chi connectivity index (χ1) is 16.0.